The van der Waals surface area contributed by atoms with Gasteiger partial charge in [0.25, 0.3) is 5.91 Å². The average Bonchev–Trinajstić information content (AvgIpc) is 2.60. The molecule has 1 heterocycles. The van der Waals surface area contributed by atoms with Crippen LogP contribution in [0.4, 0.5) is 14.5 Å². The standard InChI is InChI=1S/C22H19ClF2N2O3/c23-14-3-1-2-13(6-14)18(28)27-21-8-20(9-21,10-21)22(11-30-12-22)19(29)26-15-4-5-16(24)17(25)7-15/h1-7H,8-12H2,(H,26,29)(H,27,28). The zero-order valence-electron chi connectivity index (χ0n) is 15.9. The molecular weight excluding hydrogens is 414 g/mol. The van der Waals surface area contributed by atoms with E-state index in [9.17, 15) is 18.4 Å². The zero-order chi connectivity index (χ0) is 21.1. The molecule has 0 unspecified atom stereocenters. The fourth-order valence-electron chi connectivity index (χ4n) is 5.18. The summed E-state index contributed by atoms with van der Waals surface area (Å²) in [7, 11) is 0. The average molecular weight is 433 g/mol. The first-order valence-corrected chi connectivity index (χ1v) is 10.1. The van der Waals surface area contributed by atoms with E-state index >= 15 is 0 Å². The Hall–Kier alpha value is -2.51. The minimum absolute atomic E-state index is 0.184. The molecule has 5 nitrogen and oxygen atoms in total. The number of carbonyl (C=O) groups excluding carboxylic acids is 2. The number of halogens is 3. The molecule has 2 N–H and O–H groups in total. The van der Waals surface area contributed by atoms with Gasteiger partial charge in [0.1, 0.15) is 5.41 Å². The smallest absolute Gasteiger partial charge is 0.251 e. The molecule has 0 aromatic heterocycles. The number of ether oxygens (including phenoxy) is 1. The summed E-state index contributed by atoms with van der Waals surface area (Å²) in [6, 6.07) is 10.0. The van der Waals surface area contributed by atoms with Crippen LogP contribution in [0, 0.1) is 22.5 Å². The third-order valence-corrected chi connectivity index (χ3v) is 7.06. The highest BCUT2D eigenvalue weighted by atomic mass is 35.5. The lowest BCUT2D eigenvalue weighted by Crippen LogP contribution is -2.83. The van der Waals surface area contributed by atoms with Crippen molar-refractivity contribution in [2.24, 2.45) is 10.8 Å². The molecule has 0 atom stereocenters. The van der Waals surface area contributed by atoms with E-state index in [1.807, 2.05) is 0 Å². The lowest BCUT2D eigenvalue weighted by Gasteiger charge is -2.77. The molecule has 1 saturated heterocycles. The van der Waals surface area contributed by atoms with Crippen molar-refractivity contribution in [3.05, 3.63) is 64.7 Å². The van der Waals surface area contributed by atoms with Crippen LogP contribution in [0.1, 0.15) is 29.6 Å². The largest absolute Gasteiger partial charge is 0.379 e. The molecule has 4 fully saturated rings. The van der Waals surface area contributed by atoms with Crippen LogP contribution in [0.25, 0.3) is 0 Å². The van der Waals surface area contributed by atoms with Crippen LogP contribution >= 0.6 is 11.6 Å². The summed E-state index contributed by atoms with van der Waals surface area (Å²) in [6.07, 6.45) is 2.04. The monoisotopic (exact) mass is 432 g/mol. The number of carbonyl (C=O) groups is 2. The second-order valence-electron chi connectivity index (χ2n) is 8.71. The lowest BCUT2D eigenvalue weighted by atomic mass is 9.31. The molecule has 6 rings (SSSR count). The van der Waals surface area contributed by atoms with E-state index in [0.717, 1.165) is 12.1 Å². The Kier molecular flexibility index (Phi) is 4.21. The van der Waals surface area contributed by atoms with Gasteiger partial charge in [0, 0.05) is 27.9 Å². The van der Waals surface area contributed by atoms with Crippen molar-refractivity contribution in [3.63, 3.8) is 0 Å². The molecule has 2 bridgehead atoms. The van der Waals surface area contributed by atoms with Crippen LogP contribution in [0.15, 0.2) is 42.5 Å². The Morgan fingerprint density at radius 2 is 1.73 bits per heavy atom. The van der Waals surface area contributed by atoms with Gasteiger partial charge in [-0.15, -0.1) is 0 Å². The highest BCUT2D eigenvalue weighted by Crippen LogP contribution is 2.75. The Morgan fingerprint density at radius 1 is 1.00 bits per heavy atom. The fraction of sp³-hybridized carbons (Fsp3) is 0.364. The first-order valence-electron chi connectivity index (χ1n) is 9.69. The number of benzene rings is 2. The van der Waals surface area contributed by atoms with Crippen LogP contribution < -0.4 is 10.6 Å². The van der Waals surface area contributed by atoms with Crippen molar-refractivity contribution >= 4 is 29.1 Å². The number of hydrogen-bond acceptors (Lipinski definition) is 3. The number of anilines is 1. The topological polar surface area (TPSA) is 67.4 Å². The Balaban J connectivity index is 1.27. The number of rotatable bonds is 5. The van der Waals surface area contributed by atoms with Crippen molar-refractivity contribution in [2.45, 2.75) is 24.8 Å². The molecule has 3 aliphatic carbocycles. The summed E-state index contributed by atoms with van der Waals surface area (Å²) in [5, 5.41) is 6.29. The molecule has 2 aromatic rings. The van der Waals surface area contributed by atoms with Crippen LogP contribution in [-0.2, 0) is 9.53 Å². The summed E-state index contributed by atoms with van der Waals surface area (Å²) in [5.41, 5.74) is -0.583. The van der Waals surface area contributed by atoms with Crippen molar-refractivity contribution in [1.82, 2.24) is 5.32 Å². The molecule has 2 amide bonds. The maximum atomic E-state index is 13.5. The van der Waals surface area contributed by atoms with E-state index < -0.39 is 17.0 Å². The van der Waals surface area contributed by atoms with Crippen LogP contribution in [0.3, 0.4) is 0 Å². The third kappa shape index (κ3) is 2.76. The van der Waals surface area contributed by atoms with Gasteiger partial charge in [0.2, 0.25) is 5.91 Å². The summed E-state index contributed by atoms with van der Waals surface area (Å²) >= 11 is 5.96. The molecule has 0 spiro atoms. The summed E-state index contributed by atoms with van der Waals surface area (Å²) in [5.74, 6) is -2.42. The van der Waals surface area contributed by atoms with Crippen molar-refractivity contribution in [1.29, 1.82) is 0 Å². The van der Waals surface area contributed by atoms with Gasteiger partial charge in [-0.05, 0) is 55.0 Å². The molecule has 3 saturated carbocycles. The predicted molar refractivity (Wildman–Crippen MR) is 106 cm³/mol. The summed E-state index contributed by atoms with van der Waals surface area (Å²) in [4.78, 5) is 25.6. The van der Waals surface area contributed by atoms with Crippen molar-refractivity contribution < 1.29 is 23.1 Å². The van der Waals surface area contributed by atoms with E-state index in [0.29, 0.717) is 29.8 Å². The van der Waals surface area contributed by atoms with E-state index in [4.69, 9.17) is 16.3 Å². The minimum atomic E-state index is -1.01. The molecule has 4 aliphatic rings. The second-order valence-corrected chi connectivity index (χ2v) is 9.15. The molecule has 0 radical (unpaired) electrons. The number of amides is 2. The van der Waals surface area contributed by atoms with Crippen LogP contribution in [0.2, 0.25) is 5.02 Å². The number of hydrogen-bond donors (Lipinski definition) is 2. The molecule has 30 heavy (non-hydrogen) atoms. The van der Waals surface area contributed by atoms with Crippen molar-refractivity contribution in [3.8, 4) is 0 Å². The first-order chi connectivity index (χ1) is 14.3. The van der Waals surface area contributed by atoms with Gasteiger partial charge in [0.05, 0.1) is 13.2 Å². The fourth-order valence-corrected chi connectivity index (χ4v) is 5.37. The van der Waals surface area contributed by atoms with Gasteiger partial charge in [-0.1, -0.05) is 17.7 Å². The van der Waals surface area contributed by atoms with E-state index in [2.05, 4.69) is 10.6 Å². The van der Waals surface area contributed by atoms with Gasteiger partial charge >= 0.3 is 0 Å². The molecular formula is C22H19ClF2N2O3. The SMILES string of the molecule is O=C(NC12CC(C3(C(=O)Nc4ccc(F)c(F)c4)COC3)(C1)C2)c1cccc(Cl)c1. The Labute approximate surface area is 176 Å². The highest BCUT2D eigenvalue weighted by molar-refractivity contribution is 6.31. The van der Waals surface area contributed by atoms with Crippen LogP contribution in [-0.4, -0.2) is 30.6 Å². The van der Waals surface area contributed by atoms with Gasteiger partial charge in [0.15, 0.2) is 11.6 Å². The van der Waals surface area contributed by atoms with E-state index in [1.165, 1.54) is 6.07 Å². The van der Waals surface area contributed by atoms with Crippen molar-refractivity contribution in [2.75, 3.05) is 18.5 Å². The Morgan fingerprint density at radius 3 is 2.33 bits per heavy atom. The van der Waals surface area contributed by atoms with Gasteiger partial charge in [-0.2, -0.15) is 0 Å². The van der Waals surface area contributed by atoms with E-state index in [-0.39, 0.29) is 41.7 Å². The Bertz CT molecular complexity index is 1050. The molecule has 8 heteroatoms. The normalized spacial score (nSPS) is 27.8. The number of nitrogens with one attached hydrogen (secondary N) is 2. The van der Waals surface area contributed by atoms with E-state index in [1.54, 1.807) is 24.3 Å². The van der Waals surface area contributed by atoms with Gasteiger partial charge < -0.3 is 15.4 Å². The van der Waals surface area contributed by atoms with Crippen LogP contribution in [0.5, 0.6) is 0 Å². The lowest BCUT2D eigenvalue weighted by molar-refractivity contribution is -0.286. The maximum absolute atomic E-state index is 13.5. The first kappa shape index (κ1) is 19.5. The predicted octanol–water partition coefficient (Wildman–Crippen LogP) is 3.93. The molecule has 1 aliphatic heterocycles. The quantitative estimate of drug-likeness (QED) is 0.752. The second kappa shape index (κ2) is 6.49. The third-order valence-electron chi connectivity index (χ3n) is 6.82. The van der Waals surface area contributed by atoms with Gasteiger partial charge in [-0.25, -0.2) is 8.78 Å². The molecule has 2 aromatic carbocycles. The summed E-state index contributed by atoms with van der Waals surface area (Å²) in [6.45, 7) is 0.557. The maximum Gasteiger partial charge on any atom is 0.251 e. The summed E-state index contributed by atoms with van der Waals surface area (Å²) < 4.78 is 32.0. The zero-order valence-corrected chi connectivity index (χ0v) is 16.7. The van der Waals surface area contributed by atoms with Gasteiger partial charge in [-0.3, -0.25) is 9.59 Å². The minimum Gasteiger partial charge on any atom is -0.379 e. The molecule has 156 valence electrons. The highest BCUT2D eigenvalue weighted by Gasteiger charge is 2.79.